The molecule has 0 saturated heterocycles. The molecule has 0 aliphatic rings. The molecular formula is C28H28N4O5. The van der Waals surface area contributed by atoms with E-state index in [0.29, 0.717) is 41.0 Å². The molecule has 0 radical (unpaired) electrons. The average molecular weight is 501 g/mol. The van der Waals surface area contributed by atoms with Gasteiger partial charge in [-0.3, -0.25) is 10.1 Å². The topological polar surface area (TPSA) is 147 Å². The molecule has 0 bridgehead atoms. The lowest BCUT2D eigenvalue weighted by Gasteiger charge is -2.26. The molecule has 0 spiro atoms. The molecule has 37 heavy (non-hydrogen) atoms. The van der Waals surface area contributed by atoms with Crippen molar-refractivity contribution in [2.75, 3.05) is 23.5 Å². The van der Waals surface area contributed by atoms with E-state index in [1.54, 1.807) is 66.7 Å². The fourth-order valence-corrected chi connectivity index (χ4v) is 3.54. The second kappa shape index (κ2) is 13.3. The van der Waals surface area contributed by atoms with Gasteiger partial charge in [0.15, 0.2) is 6.10 Å². The molecule has 3 aromatic rings. The number of nitriles is 1. The van der Waals surface area contributed by atoms with Gasteiger partial charge < -0.3 is 25.6 Å². The molecule has 0 heterocycles. The number of aromatic hydroxyl groups is 1. The standard InChI is InChI=1S/C28H28N4O5/c1-36-25(8-4-5-9-26(34)32-24-7-3-2-6-23(24)30)27(20-12-16-22(33)17-13-20)37-28(35)31-21-14-10-19(18-29)11-15-21/h2-3,5-7,9-17,25,27,33H,4,8,30H2,1H3,(H,31,35)(H,32,34)/b9-5+/t25-,27-/m0/s1. The number of ether oxygens (including phenoxy) is 2. The first-order valence-corrected chi connectivity index (χ1v) is 11.5. The van der Waals surface area contributed by atoms with Gasteiger partial charge in [0, 0.05) is 12.8 Å². The number of carbonyl (C=O) groups excluding carboxylic acids is 2. The number of rotatable bonds is 10. The first-order chi connectivity index (χ1) is 17.9. The van der Waals surface area contributed by atoms with Crippen LogP contribution < -0.4 is 16.4 Å². The molecule has 3 aromatic carbocycles. The summed E-state index contributed by atoms with van der Waals surface area (Å²) in [6, 6.07) is 21.6. The minimum atomic E-state index is -0.796. The highest BCUT2D eigenvalue weighted by molar-refractivity contribution is 6.01. The van der Waals surface area contributed by atoms with Crippen LogP contribution in [-0.4, -0.2) is 30.3 Å². The van der Waals surface area contributed by atoms with Crippen molar-refractivity contribution in [3.8, 4) is 11.8 Å². The Balaban J connectivity index is 1.65. The van der Waals surface area contributed by atoms with Crippen molar-refractivity contribution in [1.82, 2.24) is 0 Å². The number of hydrogen-bond donors (Lipinski definition) is 4. The average Bonchev–Trinajstić information content (AvgIpc) is 2.90. The summed E-state index contributed by atoms with van der Waals surface area (Å²) in [7, 11) is 1.51. The van der Waals surface area contributed by atoms with Crippen LogP contribution in [0.5, 0.6) is 5.75 Å². The molecule has 3 rings (SSSR count). The summed E-state index contributed by atoms with van der Waals surface area (Å²) in [5.41, 5.74) is 8.41. The third-order valence-electron chi connectivity index (χ3n) is 5.46. The van der Waals surface area contributed by atoms with Crippen molar-refractivity contribution < 1.29 is 24.2 Å². The molecule has 2 atom stereocenters. The highest BCUT2D eigenvalue weighted by atomic mass is 16.6. The molecule has 0 aliphatic heterocycles. The van der Waals surface area contributed by atoms with Crippen LogP contribution in [0.1, 0.15) is 30.1 Å². The van der Waals surface area contributed by atoms with E-state index in [9.17, 15) is 14.7 Å². The van der Waals surface area contributed by atoms with Gasteiger partial charge in [-0.05, 0) is 73.0 Å². The van der Waals surface area contributed by atoms with E-state index in [0.717, 1.165) is 0 Å². The molecule has 0 aromatic heterocycles. The summed E-state index contributed by atoms with van der Waals surface area (Å²) in [5.74, 6) is -0.244. The van der Waals surface area contributed by atoms with Gasteiger partial charge in [0.2, 0.25) is 5.91 Å². The monoisotopic (exact) mass is 500 g/mol. The molecular weight excluding hydrogens is 472 g/mol. The van der Waals surface area contributed by atoms with E-state index in [2.05, 4.69) is 10.6 Å². The number of allylic oxidation sites excluding steroid dienone is 1. The number of hydrogen-bond acceptors (Lipinski definition) is 7. The van der Waals surface area contributed by atoms with Gasteiger partial charge in [0.05, 0.1) is 29.1 Å². The third-order valence-corrected chi connectivity index (χ3v) is 5.46. The van der Waals surface area contributed by atoms with Crippen LogP contribution in [0.2, 0.25) is 0 Å². The van der Waals surface area contributed by atoms with Crippen molar-refractivity contribution in [2.45, 2.75) is 25.0 Å². The molecule has 2 amide bonds. The number of phenolic OH excluding ortho intramolecular Hbond substituents is 1. The molecule has 0 fully saturated rings. The van der Waals surface area contributed by atoms with Gasteiger partial charge in [-0.15, -0.1) is 0 Å². The molecule has 0 aliphatic carbocycles. The number of anilines is 3. The van der Waals surface area contributed by atoms with Crippen molar-refractivity contribution >= 4 is 29.1 Å². The van der Waals surface area contributed by atoms with Crippen molar-refractivity contribution in [1.29, 1.82) is 5.26 Å². The Hall–Kier alpha value is -4.81. The third kappa shape index (κ3) is 8.13. The number of nitrogens with two attached hydrogens (primary N) is 1. The summed E-state index contributed by atoms with van der Waals surface area (Å²) >= 11 is 0. The van der Waals surface area contributed by atoms with E-state index < -0.39 is 18.3 Å². The quantitative estimate of drug-likeness (QED) is 0.223. The summed E-state index contributed by atoms with van der Waals surface area (Å²) in [4.78, 5) is 24.9. The minimum Gasteiger partial charge on any atom is -0.508 e. The van der Waals surface area contributed by atoms with E-state index >= 15 is 0 Å². The largest absolute Gasteiger partial charge is 0.508 e. The highest BCUT2D eigenvalue weighted by Gasteiger charge is 2.27. The number of carbonyl (C=O) groups is 2. The fraction of sp³-hybridized carbons (Fsp3) is 0.179. The lowest BCUT2D eigenvalue weighted by atomic mass is 10.00. The summed E-state index contributed by atoms with van der Waals surface area (Å²) in [5, 5.41) is 24.0. The number of nitrogen functional groups attached to an aromatic ring is 1. The van der Waals surface area contributed by atoms with Crippen LogP contribution in [-0.2, 0) is 14.3 Å². The summed E-state index contributed by atoms with van der Waals surface area (Å²) < 4.78 is 11.4. The smallest absolute Gasteiger partial charge is 0.412 e. The van der Waals surface area contributed by atoms with Gasteiger partial charge >= 0.3 is 6.09 Å². The number of amides is 2. The lowest BCUT2D eigenvalue weighted by Crippen LogP contribution is -2.28. The van der Waals surface area contributed by atoms with E-state index in [1.807, 2.05) is 6.07 Å². The number of para-hydroxylation sites is 2. The molecule has 9 heteroatoms. The van der Waals surface area contributed by atoms with Crippen molar-refractivity contribution in [3.05, 3.63) is 96.1 Å². The van der Waals surface area contributed by atoms with E-state index in [4.69, 9.17) is 20.5 Å². The second-order valence-electron chi connectivity index (χ2n) is 8.06. The number of methoxy groups -OCH3 is 1. The molecule has 0 saturated carbocycles. The molecule has 0 unspecified atom stereocenters. The SMILES string of the molecule is CO[C@@H](CC/C=C/C(=O)Nc1ccccc1N)[C@@H](OC(=O)Nc1ccc(C#N)cc1)c1ccc(O)cc1. The molecule has 9 nitrogen and oxygen atoms in total. The maximum absolute atomic E-state index is 12.7. The predicted molar refractivity (Wildman–Crippen MR) is 141 cm³/mol. The first kappa shape index (κ1) is 26.8. The van der Waals surface area contributed by atoms with E-state index in [1.165, 1.54) is 25.3 Å². The zero-order valence-corrected chi connectivity index (χ0v) is 20.3. The van der Waals surface area contributed by atoms with Crippen LogP contribution in [0.4, 0.5) is 21.9 Å². The molecule has 190 valence electrons. The van der Waals surface area contributed by atoms with Crippen molar-refractivity contribution in [2.24, 2.45) is 0 Å². The van der Waals surface area contributed by atoms with Crippen LogP contribution in [0, 0.1) is 11.3 Å². The number of benzene rings is 3. The van der Waals surface area contributed by atoms with Gasteiger partial charge in [-0.2, -0.15) is 5.26 Å². The lowest BCUT2D eigenvalue weighted by molar-refractivity contribution is -0.111. The maximum Gasteiger partial charge on any atom is 0.412 e. The zero-order chi connectivity index (χ0) is 26.6. The van der Waals surface area contributed by atoms with Crippen LogP contribution in [0.25, 0.3) is 0 Å². The summed E-state index contributed by atoms with van der Waals surface area (Å²) in [6.45, 7) is 0. The Kier molecular flexibility index (Phi) is 9.65. The Morgan fingerprint density at radius 1 is 1.05 bits per heavy atom. The summed E-state index contributed by atoms with van der Waals surface area (Å²) in [6.07, 6.45) is 1.96. The van der Waals surface area contributed by atoms with Gasteiger partial charge in [-0.25, -0.2) is 4.79 Å². The number of phenols is 1. The Morgan fingerprint density at radius 2 is 1.76 bits per heavy atom. The normalized spacial score (nSPS) is 12.3. The number of nitrogens with one attached hydrogen (secondary N) is 2. The minimum absolute atomic E-state index is 0.0755. The van der Waals surface area contributed by atoms with Gasteiger partial charge in [-0.1, -0.05) is 30.3 Å². The van der Waals surface area contributed by atoms with Crippen LogP contribution >= 0.6 is 0 Å². The predicted octanol–water partition coefficient (Wildman–Crippen LogP) is 5.13. The van der Waals surface area contributed by atoms with Gasteiger partial charge in [0.1, 0.15) is 5.75 Å². The fourth-order valence-electron chi connectivity index (χ4n) is 3.54. The van der Waals surface area contributed by atoms with Crippen LogP contribution in [0.15, 0.2) is 84.9 Å². The first-order valence-electron chi connectivity index (χ1n) is 11.5. The highest BCUT2D eigenvalue weighted by Crippen LogP contribution is 2.28. The van der Waals surface area contributed by atoms with Crippen LogP contribution in [0.3, 0.4) is 0 Å². The Bertz CT molecular complexity index is 1270. The Morgan fingerprint density at radius 3 is 2.41 bits per heavy atom. The second-order valence-corrected chi connectivity index (χ2v) is 8.06. The van der Waals surface area contributed by atoms with E-state index in [-0.39, 0.29) is 11.7 Å². The number of nitrogens with zero attached hydrogens (tertiary/aromatic N) is 1. The zero-order valence-electron chi connectivity index (χ0n) is 20.3. The molecule has 5 N–H and O–H groups in total. The van der Waals surface area contributed by atoms with Gasteiger partial charge in [0.25, 0.3) is 0 Å². The maximum atomic E-state index is 12.7. The van der Waals surface area contributed by atoms with Crippen molar-refractivity contribution in [3.63, 3.8) is 0 Å². The Labute approximate surface area is 215 Å².